The van der Waals surface area contributed by atoms with Crippen molar-refractivity contribution in [2.75, 3.05) is 13.7 Å². The van der Waals surface area contributed by atoms with Gasteiger partial charge in [0.15, 0.2) is 0 Å². The van der Waals surface area contributed by atoms with Crippen molar-refractivity contribution in [3.8, 4) is 5.75 Å². The summed E-state index contributed by atoms with van der Waals surface area (Å²) in [5.74, 6) is -0.355. The number of carbonyl (C=O) groups is 2. The van der Waals surface area contributed by atoms with E-state index in [9.17, 15) is 9.59 Å². The number of esters is 2. The van der Waals surface area contributed by atoms with Crippen LogP contribution in [0.5, 0.6) is 5.75 Å². The largest absolute Gasteiger partial charge is 0.456 e. The molecular formula is C27H34O7. The first-order valence-electron chi connectivity index (χ1n) is 11.8. The van der Waals surface area contributed by atoms with Crippen molar-refractivity contribution in [2.45, 2.75) is 76.5 Å². The molecule has 34 heavy (non-hydrogen) atoms. The highest BCUT2D eigenvalue weighted by Gasteiger charge is 2.72. The zero-order chi connectivity index (χ0) is 24.5. The lowest BCUT2D eigenvalue weighted by Crippen LogP contribution is -2.55. The van der Waals surface area contributed by atoms with Gasteiger partial charge in [0.2, 0.25) is 0 Å². The number of carbonyl (C=O) groups excluding carboxylic acids is 2. The number of hydrogen-bond acceptors (Lipinski definition) is 7. The molecule has 2 saturated heterocycles. The Balaban J connectivity index is 1.41. The van der Waals surface area contributed by atoms with Gasteiger partial charge >= 0.3 is 11.9 Å². The number of benzene rings is 1. The van der Waals surface area contributed by atoms with Crippen molar-refractivity contribution in [3.05, 3.63) is 47.6 Å². The van der Waals surface area contributed by atoms with Crippen molar-refractivity contribution < 1.29 is 33.3 Å². The van der Waals surface area contributed by atoms with Crippen molar-refractivity contribution in [1.82, 2.24) is 0 Å². The summed E-state index contributed by atoms with van der Waals surface area (Å²) in [7, 11) is 1.66. The maximum Gasteiger partial charge on any atom is 0.331 e. The van der Waals surface area contributed by atoms with Gasteiger partial charge in [-0.05, 0) is 63.8 Å². The second kappa shape index (κ2) is 9.64. The number of rotatable bonds is 8. The van der Waals surface area contributed by atoms with E-state index in [4.69, 9.17) is 23.7 Å². The van der Waals surface area contributed by atoms with E-state index in [0.29, 0.717) is 18.8 Å². The van der Waals surface area contributed by atoms with E-state index >= 15 is 0 Å². The lowest BCUT2D eigenvalue weighted by molar-refractivity contribution is -0.166. The maximum absolute atomic E-state index is 12.6. The van der Waals surface area contributed by atoms with Gasteiger partial charge in [-0.25, -0.2) is 4.79 Å². The molecule has 0 N–H and O–H groups in total. The van der Waals surface area contributed by atoms with Crippen LogP contribution in [-0.4, -0.2) is 55.2 Å². The van der Waals surface area contributed by atoms with Crippen molar-refractivity contribution in [2.24, 2.45) is 5.92 Å². The van der Waals surface area contributed by atoms with Crippen molar-refractivity contribution in [1.29, 1.82) is 0 Å². The van der Waals surface area contributed by atoms with E-state index < -0.39 is 5.97 Å². The first-order valence-corrected chi connectivity index (χ1v) is 11.8. The topological polar surface area (TPSA) is 86.9 Å². The quantitative estimate of drug-likeness (QED) is 0.185. The normalized spacial score (nSPS) is 34.0. The highest BCUT2D eigenvalue weighted by molar-refractivity contribution is 5.87. The van der Waals surface area contributed by atoms with E-state index in [0.717, 1.165) is 18.4 Å². The van der Waals surface area contributed by atoms with Gasteiger partial charge in [0, 0.05) is 20.1 Å². The SMILES string of the molecule is CO[C@@H]1[C@H](OC(=O)/C=C/c2ccc(OC(C)=O)cc2)CC[C@]2(CO2)[C@H]1[C@]1(C)O[C@H]1CC=C(C)C. The molecule has 2 heterocycles. The van der Waals surface area contributed by atoms with Crippen LogP contribution >= 0.6 is 0 Å². The average Bonchev–Trinajstić information content (AvgIpc) is 3.70. The summed E-state index contributed by atoms with van der Waals surface area (Å²) in [5, 5.41) is 0. The molecule has 7 nitrogen and oxygen atoms in total. The standard InChI is InChI=1S/C27H34O7/c1-17(2)6-12-22-26(4,34-22)25-24(30-5)21(14-15-27(25)16-31-27)33-23(29)13-9-19-7-10-20(11-8-19)32-18(3)28/h6-11,13,21-22,24-25H,12,14-16H2,1-5H3/b13-9+/t21-,22+,24-,25-,26-,27+/m1/s1. The van der Waals surface area contributed by atoms with Crippen molar-refractivity contribution in [3.63, 3.8) is 0 Å². The third kappa shape index (κ3) is 5.27. The van der Waals surface area contributed by atoms with Gasteiger partial charge in [0.1, 0.15) is 29.2 Å². The molecule has 0 radical (unpaired) electrons. The monoisotopic (exact) mass is 470 g/mol. The molecule has 3 fully saturated rings. The van der Waals surface area contributed by atoms with Crippen LogP contribution in [0.2, 0.25) is 0 Å². The Bertz CT molecular complexity index is 971. The smallest absolute Gasteiger partial charge is 0.331 e. The predicted molar refractivity (Wildman–Crippen MR) is 126 cm³/mol. The summed E-state index contributed by atoms with van der Waals surface area (Å²) in [6.45, 7) is 8.33. The highest BCUT2D eigenvalue weighted by atomic mass is 16.6. The molecule has 1 saturated carbocycles. The number of epoxide rings is 2. The van der Waals surface area contributed by atoms with E-state index in [1.165, 1.54) is 18.6 Å². The minimum atomic E-state index is -0.425. The van der Waals surface area contributed by atoms with E-state index in [-0.39, 0.29) is 41.4 Å². The van der Waals surface area contributed by atoms with Crippen LogP contribution in [0.3, 0.4) is 0 Å². The van der Waals surface area contributed by atoms with E-state index in [2.05, 4.69) is 26.8 Å². The van der Waals surface area contributed by atoms with Gasteiger partial charge in [-0.2, -0.15) is 0 Å². The zero-order valence-electron chi connectivity index (χ0n) is 20.5. The molecule has 1 aliphatic carbocycles. The molecule has 0 amide bonds. The minimum absolute atomic E-state index is 0.00934. The van der Waals surface area contributed by atoms with Crippen LogP contribution in [0.1, 0.15) is 52.5 Å². The Morgan fingerprint density at radius 1 is 1.18 bits per heavy atom. The molecule has 0 bridgehead atoms. The molecule has 1 spiro atoms. The van der Waals surface area contributed by atoms with Gasteiger partial charge in [-0.1, -0.05) is 23.8 Å². The Labute approximate surface area is 201 Å². The van der Waals surface area contributed by atoms with Crippen LogP contribution in [-0.2, 0) is 28.5 Å². The molecule has 0 unspecified atom stereocenters. The molecular weight excluding hydrogens is 436 g/mol. The Hall–Kier alpha value is -2.48. The summed E-state index contributed by atoms with van der Waals surface area (Å²) >= 11 is 0. The molecule has 0 aromatic heterocycles. The predicted octanol–water partition coefficient (Wildman–Crippen LogP) is 4.24. The van der Waals surface area contributed by atoms with E-state index in [1.807, 2.05) is 0 Å². The van der Waals surface area contributed by atoms with Gasteiger partial charge in [0.05, 0.1) is 18.6 Å². The fourth-order valence-corrected chi connectivity index (χ4v) is 5.24. The lowest BCUT2D eigenvalue weighted by Gasteiger charge is -2.42. The Morgan fingerprint density at radius 2 is 1.88 bits per heavy atom. The van der Waals surface area contributed by atoms with Crippen LogP contribution in [0.25, 0.3) is 6.08 Å². The third-order valence-corrected chi connectivity index (χ3v) is 7.06. The molecule has 2 aliphatic heterocycles. The molecule has 1 aromatic carbocycles. The van der Waals surface area contributed by atoms with Crippen LogP contribution in [0.4, 0.5) is 0 Å². The Kier molecular flexibility index (Phi) is 6.99. The van der Waals surface area contributed by atoms with Crippen molar-refractivity contribution >= 4 is 18.0 Å². The number of allylic oxidation sites excluding steroid dienone is 1. The second-order valence-electron chi connectivity index (χ2n) is 9.85. The lowest BCUT2D eigenvalue weighted by atomic mass is 9.68. The first kappa shape index (κ1) is 24.6. The third-order valence-electron chi connectivity index (χ3n) is 7.06. The molecule has 6 atom stereocenters. The molecule has 4 rings (SSSR count). The molecule has 184 valence electrons. The van der Waals surface area contributed by atoms with Crippen LogP contribution < -0.4 is 4.74 Å². The Morgan fingerprint density at radius 3 is 2.47 bits per heavy atom. The summed E-state index contributed by atoms with van der Waals surface area (Å²) in [6, 6.07) is 6.89. The van der Waals surface area contributed by atoms with Gasteiger partial charge < -0.3 is 23.7 Å². The number of hydrogen-bond donors (Lipinski definition) is 0. The summed E-state index contributed by atoms with van der Waals surface area (Å²) < 4.78 is 29.0. The maximum atomic E-state index is 12.6. The zero-order valence-corrected chi connectivity index (χ0v) is 20.5. The fourth-order valence-electron chi connectivity index (χ4n) is 5.24. The molecule has 7 heteroatoms. The highest BCUT2D eigenvalue weighted by Crippen LogP contribution is 2.59. The van der Waals surface area contributed by atoms with E-state index in [1.54, 1.807) is 37.5 Å². The summed E-state index contributed by atoms with van der Waals surface area (Å²) in [4.78, 5) is 23.7. The second-order valence-corrected chi connectivity index (χ2v) is 9.85. The average molecular weight is 471 g/mol. The summed E-state index contributed by atoms with van der Waals surface area (Å²) in [5.41, 5.74) is 1.44. The van der Waals surface area contributed by atoms with Gasteiger partial charge in [-0.15, -0.1) is 0 Å². The molecule has 1 aromatic rings. The van der Waals surface area contributed by atoms with Gasteiger partial charge in [0.25, 0.3) is 0 Å². The minimum Gasteiger partial charge on any atom is -0.456 e. The van der Waals surface area contributed by atoms with Gasteiger partial charge in [-0.3, -0.25) is 4.79 Å². The first-order chi connectivity index (χ1) is 16.2. The summed E-state index contributed by atoms with van der Waals surface area (Å²) in [6.07, 6.45) is 7.05. The van der Waals surface area contributed by atoms with Crippen LogP contribution in [0, 0.1) is 5.92 Å². The fraction of sp³-hybridized carbons (Fsp3) is 0.556. The van der Waals surface area contributed by atoms with Crippen LogP contribution in [0.15, 0.2) is 42.0 Å². The number of methoxy groups -OCH3 is 1. The number of ether oxygens (including phenoxy) is 5. The molecule has 3 aliphatic rings.